The molecule has 0 fully saturated rings. The Labute approximate surface area is 171 Å². The smallest absolute Gasteiger partial charge is 0.277 e. The molecule has 0 aliphatic rings. The van der Waals surface area contributed by atoms with Crippen molar-refractivity contribution in [1.29, 1.82) is 0 Å². The third-order valence-corrected chi connectivity index (χ3v) is 5.17. The first-order valence-corrected chi connectivity index (χ1v) is 9.88. The van der Waals surface area contributed by atoms with E-state index in [1.807, 2.05) is 24.3 Å². The summed E-state index contributed by atoms with van der Waals surface area (Å²) >= 11 is 1.05. The number of hydrogen-bond acceptors (Lipinski definition) is 5. The van der Waals surface area contributed by atoms with Crippen LogP contribution in [0.2, 0.25) is 0 Å². The van der Waals surface area contributed by atoms with Gasteiger partial charge < -0.3 is 9.73 Å². The fourth-order valence-corrected chi connectivity index (χ4v) is 3.20. The Morgan fingerprint density at radius 1 is 1.10 bits per heavy atom. The van der Waals surface area contributed by atoms with Gasteiger partial charge in [-0.3, -0.25) is 4.79 Å². The first-order chi connectivity index (χ1) is 13.6. The molecule has 0 bridgehead atoms. The van der Waals surface area contributed by atoms with Crippen molar-refractivity contribution in [3.05, 3.63) is 59.7 Å². The standard InChI is InChI=1S/C21H21F2N3O2S/c1-12(18(27)24-17-10-9-15(22)11-16(17)23)29-20-26-25-19(28-20)13-5-7-14(8-6-13)21(2,3)4/h5-12H,1-4H3,(H,24,27)/t12-/m1/s1. The largest absolute Gasteiger partial charge is 0.411 e. The van der Waals surface area contributed by atoms with E-state index in [2.05, 4.69) is 36.3 Å². The van der Waals surface area contributed by atoms with E-state index in [1.165, 1.54) is 11.6 Å². The van der Waals surface area contributed by atoms with Gasteiger partial charge in [0.1, 0.15) is 11.6 Å². The highest BCUT2D eigenvalue weighted by atomic mass is 32.2. The number of anilines is 1. The molecule has 2 aromatic carbocycles. The number of nitrogens with zero attached hydrogens (tertiary/aromatic N) is 2. The van der Waals surface area contributed by atoms with Gasteiger partial charge in [0.25, 0.3) is 5.22 Å². The van der Waals surface area contributed by atoms with Crippen LogP contribution in [0.4, 0.5) is 14.5 Å². The molecule has 1 N–H and O–H groups in total. The summed E-state index contributed by atoms with van der Waals surface area (Å²) in [6, 6.07) is 10.8. The summed E-state index contributed by atoms with van der Waals surface area (Å²) in [5.41, 5.74) is 1.92. The van der Waals surface area contributed by atoms with Crippen LogP contribution in [0.15, 0.2) is 52.1 Å². The van der Waals surface area contributed by atoms with E-state index < -0.39 is 22.8 Å². The minimum atomic E-state index is -0.839. The van der Waals surface area contributed by atoms with Gasteiger partial charge >= 0.3 is 0 Å². The first-order valence-electron chi connectivity index (χ1n) is 9.00. The molecule has 0 radical (unpaired) electrons. The molecule has 3 aromatic rings. The van der Waals surface area contributed by atoms with Gasteiger partial charge in [-0.25, -0.2) is 8.78 Å². The van der Waals surface area contributed by atoms with Crippen LogP contribution in [0.3, 0.4) is 0 Å². The van der Waals surface area contributed by atoms with Crippen molar-refractivity contribution in [2.24, 2.45) is 0 Å². The fraction of sp³-hybridized carbons (Fsp3) is 0.286. The number of benzene rings is 2. The average molecular weight is 417 g/mol. The Kier molecular flexibility index (Phi) is 6.02. The van der Waals surface area contributed by atoms with Gasteiger partial charge in [0.2, 0.25) is 11.8 Å². The maximum Gasteiger partial charge on any atom is 0.277 e. The predicted molar refractivity (Wildman–Crippen MR) is 109 cm³/mol. The van der Waals surface area contributed by atoms with Gasteiger partial charge in [0, 0.05) is 11.6 Å². The second-order valence-electron chi connectivity index (χ2n) is 7.57. The molecule has 5 nitrogen and oxygen atoms in total. The highest BCUT2D eigenvalue weighted by Gasteiger charge is 2.20. The summed E-state index contributed by atoms with van der Waals surface area (Å²) in [6.45, 7) is 8.03. The van der Waals surface area contributed by atoms with Gasteiger partial charge in [0.15, 0.2) is 0 Å². The van der Waals surface area contributed by atoms with E-state index in [9.17, 15) is 13.6 Å². The second kappa shape index (κ2) is 8.32. The number of rotatable bonds is 5. The molecule has 8 heteroatoms. The summed E-state index contributed by atoms with van der Waals surface area (Å²) in [5, 5.41) is 10.0. The molecule has 152 valence electrons. The third kappa shape index (κ3) is 5.20. The van der Waals surface area contributed by atoms with Crippen molar-refractivity contribution in [3.63, 3.8) is 0 Å². The van der Waals surface area contributed by atoms with Crippen molar-refractivity contribution in [1.82, 2.24) is 10.2 Å². The molecule has 29 heavy (non-hydrogen) atoms. The van der Waals surface area contributed by atoms with Crippen LogP contribution in [0.1, 0.15) is 33.3 Å². The molecule has 0 spiro atoms. The zero-order valence-corrected chi connectivity index (χ0v) is 17.3. The lowest BCUT2D eigenvalue weighted by Crippen LogP contribution is -2.23. The molecule has 1 heterocycles. The molecule has 0 saturated heterocycles. The van der Waals surface area contributed by atoms with E-state index >= 15 is 0 Å². The molecule has 3 rings (SSSR count). The Morgan fingerprint density at radius 2 is 1.79 bits per heavy atom. The number of amides is 1. The van der Waals surface area contributed by atoms with E-state index in [0.29, 0.717) is 12.0 Å². The van der Waals surface area contributed by atoms with Crippen LogP contribution in [0.25, 0.3) is 11.5 Å². The lowest BCUT2D eigenvalue weighted by molar-refractivity contribution is -0.115. The van der Waals surface area contributed by atoms with Gasteiger partial charge in [-0.1, -0.05) is 44.7 Å². The molecule has 0 saturated carbocycles. The zero-order chi connectivity index (χ0) is 21.2. The molecular formula is C21H21F2N3O2S. The number of hydrogen-bond donors (Lipinski definition) is 1. The summed E-state index contributed by atoms with van der Waals surface area (Å²) in [5.74, 6) is -1.66. The SMILES string of the molecule is C[C@@H](Sc1nnc(-c2ccc(C(C)(C)C)cc2)o1)C(=O)Nc1ccc(F)cc1F. The van der Waals surface area contributed by atoms with E-state index in [4.69, 9.17) is 4.42 Å². The molecule has 0 aliphatic carbocycles. The number of nitrogens with one attached hydrogen (secondary N) is 1. The third-order valence-electron chi connectivity index (χ3n) is 4.24. The van der Waals surface area contributed by atoms with Crippen molar-refractivity contribution < 1.29 is 18.0 Å². The topological polar surface area (TPSA) is 68.0 Å². The Bertz CT molecular complexity index is 1010. The minimum absolute atomic E-state index is 0.0428. The lowest BCUT2D eigenvalue weighted by Gasteiger charge is -2.18. The summed E-state index contributed by atoms with van der Waals surface area (Å²) in [6.07, 6.45) is 0. The van der Waals surface area contributed by atoms with Gasteiger partial charge in [-0.05, 0) is 42.2 Å². The number of carbonyl (C=O) groups is 1. The maximum absolute atomic E-state index is 13.7. The van der Waals surface area contributed by atoms with Crippen LogP contribution in [-0.2, 0) is 10.2 Å². The monoisotopic (exact) mass is 417 g/mol. The van der Waals surface area contributed by atoms with Crippen molar-refractivity contribution in [2.75, 3.05) is 5.32 Å². The summed E-state index contributed by atoms with van der Waals surface area (Å²) < 4.78 is 32.3. The van der Waals surface area contributed by atoms with Crippen molar-refractivity contribution in [2.45, 2.75) is 43.6 Å². The van der Waals surface area contributed by atoms with Crippen molar-refractivity contribution in [3.8, 4) is 11.5 Å². The Balaban J connectivity index is 1.65. The second-order valence-corrected chi connectivity index (χ2v) is 8.87. The van der Waals surface area contributed by atoms with Crippen LogP contribution >= 0.6 is 11.8 Å². The maximum atomic E-state index is 13.7. The van der Waals surface area contributed by atoms with E-state index in [1.54, 1.807) is 6.92 Å². The fourth-order valence-electron chi connectivity index (χ4n) is 2.52. The molecule has 0 aliphatic heterocycles. The van der Waals surface area contributed by atoms with Crippen LogP contribution < -0.4 is 5.32 Å². The number of halogens is 2. The predicted octanol–water partition coefficient (Wildman–Crippen LogP) is 5.43. The van der Waals surface area contributed by atoms with Crippen LogP contribution in [0, 0.1) is 11.6 Å². The molecular weight excluding hydrogens is 396 g/mol. The lowest BCUT2D eigenvalue weighted by atomic mass is 9.87. The quantitative estimate of drug-likeness (QED) is 0.561. The molecule has 1 atom stereocenters. The molecule has 1 aromatic heterocycles. The number of aromatic nitrogens is 2. The molecule has 1 amide bonds. The normalized spacial score (nSPS) is 12.6. The highest BCUT2D eigenvalue weighted by Crippen LogP contribution is 2.29. The van der Waals surface area contributed by atoms with Gasteiger partial charge in [-0.2, -0.15) is 0 Å². The number of thioether (sulfide) groups is 1. The van der Waals surface area contributed by atoms with Gasteiger partial charge in [-0.15, -0.1) is 10.2 Å². The highest BCUT2D eigenvalue weighted by molar-refractivity contribution is 8.00. The average Bonchev–Trinajstić information content (AvgIpc) is 3.12. The molecule has 0 unspecified atom stereocenters. The van der Waals surface area contributed by atoms with Crippen LogP contribution in [0.5, 0.6) is 0 Å². The Hall–Kier alpha value is -2.74. The van der Waals surface area contributed by atoms with E-state index in [0.717, 1.165) is 23.4 Å². The summed E-state index contributed by atoms with van der Waals surface area (Å²) in [4.78, 5) is 12.3. The van der Waals surface area contributed by atoms with E-state index in [-0.39, 0.29) is 16.3 Å². The van der Waals surface area contributed by atoms with Crippen LogP contribution in [-0.4, -0.2) is 21.4 Å². The van der Waals surface area contributed by atoms with Gasteiger partial charge in [0.05, 0.1) is 10.9 Å². The summed E-state index contributed by atoms with van der Waals surface area (Å²) in [7, 11) is 0. The zero-order valence-electron chi connectivity index (χ0n) is 16.5. The number of carbonyl (C=O) groups excluding carboxylic acids is 1. The minimum Gasteiger partial charge on any atom is -0.411 e. The van der Waals surface area contributed by atoms with Crippen molar-refractivity contribution >= 4 is 23.4 Å². The Morgan fingerprint density at radius 3 is 2.41 bits per heavy atom. The first kappa shape index (κ1) is 21.0.